The molecule has 20 heavy (non-hydrogen) atoms. The first-order valence-corrected chi connectivity index (χ1v) is 7.03. The highest BCUT2D eigenvalue weighted by molar-refractivity contribution is 6.31. The molecule has 0 aliphatic carbocycles. The van der Waals surface area contributed by atoms with E-state index in [2.05, 4.69) is 34.7 Å². The fraction of sp³-hybridized carbons (Fsp3) is 0.429. The summed E-state index contributed by atoms with van der Waals surface area (Å²) >= 11 is 6.08. The predicted molar refractivity (Wildman–Crippen MR) is 79.6 cm³/mol. The van der Waals surface area contributed by atoms with Crippen LogP contribution in [0, 0.1) is 5.92 Å². The van der Waals surface area contributed by atoms with Gasteiger partial charge in [-0.25, -0.2) is 0 Å². The van der Waals surface area contributed by atoms with Crippen molar-refractivity contribution in [3.63, 3.8) is 0 Å². The molecule has 2 aromatic rings. The first kappa shape index (κ1) is 14.8. The summed E-state index contributed by atoms with van der Waals surface area (Å²) < 4.78 is 5.49. The minimum Gasteiger partial charge on any atom is -0.407 e. The topological polar surface area (TPSA) is 63.0 Å². The summed E-state index contributed by atoms with van der Waals surface area (Å²) in [6.07, 6.45) is 0. The summed E-state index contributed by atoms with van der Waals surface area (Å²) in [5.41, 5.74) is 0.992. The third kappa shape index (κ3) is 4.51. The molecule has 0 fully saturated rings. The van der Waals surface area contributed by atoms with E-state index in [1.807, 2.05) is 24.3 Å². The van der Waals surface area contributed by atoms with E-state index >= 15 is 0 Å². The van der Waals surface area contributed by atoms with Crippen molar-refractivity contribution in [1.82, 2.24) is 15.5 Å². The molecule has 1 heterocycles. The second kappa shape index (κ2) is 7.26. The standard InChI is InChI=1S/C14H19ClN4O/c1-10(2)7-16-9-13-18-19-14(20-13)17-8-11-5-3-4-6-12(11)15/h3-6,10,16H,7-9H2,1-2H3,(H,17,19). The quantitative estimate of drug-likeness (QED) is 0.821. The second-order valence-corrected chi connectivity index (χ2v) is 5.38. The van der Waals surface area contributed by atoms with Crippen molar-refractivity contribution >= 4 is 17.6 Å². The van der Waals surface area contributed by atoms with Crippen LogP contribution < -0.4 is 10.6 Å². The van der Waals surface area contributed by atoms with E-state index in [-0.39, 0.29) is 0 Å². The van der Waals surface area contributed by atoms with Gasteiger partial charge in [-0.2, -0.15) is 0 Å². The first-order valence-electron chi connectivity index (χ1n) is 6.65. The normalized spacial score (nSPS) is 11.0. The molecule has 1 aromatic carbocycles. The number of halogens is 1. The van der Waals surface area contributed by atoms with E-state index in [1.54, 1.807) is 0 Å². The van der Waals surface area contributed by atoms with E-state index in [0.29, 0.717) is 30.9 Å². The number of rotatable bonds is 7. The highest BCUT2D eigenvalue weighted by Crippen LogP contribution is 2.16. The van der Waals surface area contributed by atoms with Crippen LogP contribution in [0.15, 0.2) is 28.7 Å². The summed E-state index contributed by atoms with van der Waals surface area (Å²) in [7, 11) is 0. The summed E-state index contributed by atoms with van der Waals surface area (Å²) in [4.78, 5) is 0. The van der Waals surface area contributed by atoms with Crippen LogP contribution in [0.4, 0.5) is 6.01 Å². The number of hydrogen-bond donors (Lipinski definition) is 2. The molecule has 5 nitrogen and oxygen atoms in total. The van der Waals surface area contributed by atoms with Crippen LogP contribution in [-0.4, -0.2) is 16.7 Å². The summed E-state index contributed by atoms with van der Waals surface area (Å²) in [6, 6.07) is 8.06. The summed E-state index contributed by atoms with van der Waals surface area (Å²) in [5.74, 6) is 1.17. The number of hydrogen-bond acceptors (Lipinski definition) is 5. The van der Waals surface area contributed by atoms with Crippen LogP contribution in [-0.2, 0) is 13.1 Å². The Labute approximate surface area is 123 Å². The number of anilines is 1. The first-order chi connectivity index (χ1) is 9.65. The number of nitrogens with zero attached hydrogens (tertiary/aromatic N) is 2. The van der Waals surface area contributed by atoms with Crippen LogP contribution in [0.3, 0.4) is 0 Å². The van der Waals surface area contributed by atoms with E-state index in [0.717, 1.165) is 17.1 Å². The Balaban J connectivity index is 1.82. The zero-order chi connectivity index (χ0) is 14.4. The highest BCUT2D eigenvalue weighted by Gasteiger charge is 2.06. The Morgan fingerprint density at radius 1 is 1.20 bits per heavy atom. The van der Waals surface area contributed by atoms with Crippen LogP contribution in [0.5, 0.6) is 0 Å². The van der Waals surface area contributed by atoms with Gasteiger partial charge in [0.25, 0.3) is 0 Å². The Bertz CT molecular complexity index is 541. The fourth-order valence-corrected chi connectivity index (χ4v) is 1.88. The van der Waals surface area contributed by atoms with E-state index in [9.17, 15) is 0 Å². The Morgan fingerprint density at radius 2 is 2.00 bits per heavy atom. The third-order valence-corrected chi connectivity index (χ3v) is 3.05. The average molecular weight is 295 g/mol. The fourth-order valence-electron chi connectivity index (χ4n) is 1.68. The van der Waals surface area contributed by atoms with E-state index < -0.39 is 0 Å². The van der Waals surface area contributed by atoms with Crippen molar-refractivity contribution in [2.75, 3.05) is 11.9 Å². The maximum absolute atomic E-state index is 6.08. The number of aromatic nitrogens is 2. The van der Waals surface area contributed by atoms with Gasteiger partial charge in [0.1, 0.15) is 0 Å². The lowest BCUT2D eigenvalue weighted by Gasteiger charge is -2.04. The van der Waals surface area contributed by atoms with Crippen LogP contribution >= 0.6 is 11.6 Å². The molecule has 108 valence electrons. The van der Waals surface area contributed by atoms with Crippen molar-refractivity contribution < 1.29 is 4.42 Å². The lowest BCUT2D eigenvalue weighted by molar-refractivity contribution is 0.458. The van der Waals surface area contributed by atoms with Crippen molar-refractivity contribution in [3.05, 3.63) is 40.7 Å². The predicted octanol–water partition coefficient (Wildman–Crippen LogP) is 3.08. The van der Waals surface area contributed by atoms with Gasteiger partial charge in [0, 0.05) is 11.6 Å². The molecule has 2 N–H and O–H groups in total. The van der Waals surface area contributed by atoms with Gasteiger partial charge in [-0.1, -0.05) is 48.7 Å². The smallest absolute Gasteiger partial charge is 0.315 e. The summed E-state index contributed by atoms with van der Waals surface area (Å²) in [6.45, 7) is 6.36. The van der Waals surface area contributed by atoms with Gasteiger partial charge in [-0.3, -0.25) is 0 Å². The van der Waals surface area contributed by atoms with E-state index in [4.69, 9.17) is 16.0 Å². The van der Waals surface area contributed by atoms with E-state index in [1.165, 1.54) is 0 Å². The molecule has 2 rings (SSSR count). The molecular weight excluding hydrogens is 276 g/mol. The van der Waals surface area contributed by atoms with Crippen LogP contribution in [0.2, 0.25) is 5.02 Å². The maximum atomic E-state index is 6.08. The van der Waals surface area contributed by atoms with Gasteiger partial charge in [0.05, 0.1) is 6.54 Å². The molecule has 0 radical (unpaired) electrons. The molecule has 0 unspecified atom stereocenters. The maximum Gasteiger partial charge on any atom is 0.315 e. The molecule has 0 atom stereocenters. The molecule has 0 saturated heterocycles. The van der Waals surface area contributed by atoms with Gasteiger partial charge >= 0.3 is 6.01 Å². The molecule has 0 aliphatic heterocycles. The molecule has 0 aliphatic rings. The van der Waals surface area contributed by atoms with Crippen molar-refractivity contribution in [3.8, 4) is 0 Å². The molecule has 0 saturated carbocycles. The van der Waals surface area contributed by atoms with Gasteiger partial charge in [0.15, 0.2) is 0 Å². The largest absolute Gasteiger partial charge is 0.407 e. The molecular formula is C14H19ClN4O. The lowest BCUT2D eigenvalue weighted by Crippen LogP contribution is -2.19. The molecule has 6 heteroatoms. The summed E-state index contributed by atoms with van der Waals surface area (Å²) in [5, 5.41) is 15.0. The second-order valence-electron chi connectivity index (χ2n) is 4.97. The Morgan fingerprint density at radius 3 is 2.75 bits per heavy atom. The minimum atomic E-state index is 0.409. The molecule has 0 bridgehead atoms. The monoisotopic (exact) mass is 294 g/mol. The highest BCUT2D eigenvalue weighted by atomic mass is 35.5. The third-order valence-electron chi connectivity index (χ3n) is 2.68. The number of nitrogens with one attached hydrogen (secondary N) is 2. The van der Waals surface area contributed by atoms with Gasteiger partial charge in [0.2, 0.25) is 5.89 Å². The molecule has 1 aromatic heterocycles. The van der Waals surface area contributed by atoms with Crippen LogP contribution in [0.25, 0.3) is 0 Å². The minimum absolute atomic E-state index is 0.409. The lowest BCUT2D eigenvalue weighted by atomic mass is 10.2. The zero-order valence-electron chi connectivity index (χ0n) is 11.7. The SMILES string of the molecule is CC(C)CNCc1nnc(NCc2ccccc2Cl)o1. The van der Waals surface area contributed by atoms with Crippen LogP contribution in [0.1, 0.15) is 25.3 Å². The van der Waals surface area contributed by atoms with Gasteiger partial charge in [-0.05, 0) is 24.1 Å². The molecule has 0 spiro atoms. The average Bonchev–Trinajstić information content (AvgIpc) is 2.85. The number of benzene rings is 1. The Kier molecular flexibility index (Phi) is 5.38. The van der Waals surface area contributed by atoms with Gasteiger partial charge in [-0.15, -0.1) is 5.10 Å². The zero-order valence-corrected chi connectivity index (χ0v) is 12.4. The molecule has 0 amide bonds. The van der Waals surface area contributed by atoms with Crippen molar-refractivity contribution in [2.45, 2.75) is 26.9 Å². The Hall–Kier alpha value is -1.59. The van der Waals surface area contributed by atoms with Crippen molar-refractivity contribution in [2.24, 2.45) is 5.92 Å². The van der Waals surface area contributed by atoms with Gasteiger partial charge < -0.3 is 15.1 Å². The van der Waals surface area contributed by atoms with Crippen molar-refractivity contribution in [1.29, 1.82) is 0 Å².